The van der Waals surface area contributed by atoms with Crippen molar-refractivity contribution < 1.29 is 21.5 Å². The van der Waals surface area contributed by atoms with Crippen molar-refractivity contribution in [2.75, 3.05) is 0 Å². The van der Waals surface area contributed by atoms with Gasteiger partial charge in [-0.25, -0.2) is 0 Å². The van der Waals surface area contributed by atoms with Gasteiger partial charge >= 0.3 is 210 Å². The summed E-state index contributed by atoms with van der Waals surface area (Å²) >= 11 is -0.181. The molecule has 8 aromatic rings. The van der Waals surface area contributed by atoms with Crippen LogP contribution in [0, 0.1) is 19.1 Å². The summed E-state index contributed by atoms with van der Waals surface area (Å²) in [6.07, 6.45) is 3.90. The van der Waals surface area contributed by atoms with Crippen molar-refractivity contribution in [3.05, 3.63) is 180 Å². The molecule has 2 nitrogen and oxygen atoms in total. The van der Waals surface area contributed by atoms with E-state index >= 15 is 0 Å². The molecule has 0 aliphatic carbocycles. The summed E-state index contributed by atoms with van der Waals surface area (Å²) in [6, 6.07) is 52.1. The summed E-state index contributed by atoms with van der Waals surface area (Å²) in [5.41, 5.74) is 8.07. The Labute approximate surface area is 343 Å². The molecule has 54 heavy (non-hydrogen) atoms. The van der Waals surface area contributed by atoms with Gasteiger partial charge in [0.2, 0.25) is 0 Å². The molecule has 0 aliphatic rings. The van der Waals surface area contributed by atoms with E-state index in [-0.39, 0.29) is 20.1 Å². The van der Waals surface area contributed by atoms with Gasteiger partial charge < -0.3 is 4.98 Å². The molecular formula is C48H46GeIrN2SSi-2. The first kappa shape index (κ1) is 38.3. The van der Waals surface area contributed by atoms with Crippen LogP contribution in [0.1, 0.15) is 29.5 Å². The van der Waals surface area contributed by atoms with Crippen LogP contribution < -0.4 is 9.58 Å². The van der Waals surface area contributed by atoms with E-state index < -0.39 is 27.2 Å². The molecular weight excluding hydrogens is 930 g/mol. The molecule has 0 saturated carbocycles. The van der Waals surface area contributed by atoms with Gasteiger partial charge in [-0.1, -0.05) is 43.4 Å². The maximum atomic E-state index is 9.82. The first-order valence-electron chi connectivity index (χ1n) is 18.7. The van der Waals surface area contributed by atoms with Crippen LogP contribution in [0.2, 0.25) is 36.9 Å². The predicted octanol–water partition coefficient (Wildman–Crippen LogP) is 12.0. The summed E-state index contributed by atoms with van der Waals surface area (Å²) < 4.78 is 14.0. The van der Waals surface area contributed by atoms with Crippen LogP contribution in [0.15, 0.2) is 146 Å². The topological polar surface area (TPSA) is 25.8 Å². The third-order valence-electron chi connectivity index (χ3n) is 9.60. The number of nitrogens with zero attached hydrogens (tertiary/aromatic N) is 2. The molecule has 0 fully saturated rings. The van der Waals surface area contributed by atoms with Crippen molar-refractivity contribution in [2.45, 2.75) is 49.7 Å². The normalized spacial score (nSPS) is 12.1. The first-order valence-corrected chi connectivity index (χ1v) is 29.9. The van der Waals surface area contributed by atoms with E-state index in [1.165, 1.54) is 30.9 Å². The third kappa shape index (κ3) is 8.62. The number of hydrogen-bond acceptors (Lipinski definition) is 3. The number of fused-ring (bicyclic) bond motifs is 3. The molecule has 0 atom stereocenters. The van der Waals surface area contributed by atoms with Crippen molar-refractivity contribution in [2.24, 2.45) is 0 Å². The van der Waals surface area contributed by atoms with Crippen LogP contribution in [-0.4, -0.2) is 31.3 Å². The number of aryl methyl sites for hydroxylation is 1. The van der Waals surface area contributed by atoms with Gasteiger partial charge in [0.15, 0.2) is 0 Å². The average molecular weight is 977 g/mol. The summed E-state index contributed by atoms with van der Waals surface area (Å²) in [6.45, 7) is 9.24. The molecule has 6 heteroatoms. The Hall–Kier alpha value is -3.97. The van der Waals surface area contributed by atoms with Crippen molar-refractivity contribution in [3.8, 4) is 22.5 Å². The van der Waals surface area contributed by atoms with E-state index in [0.29, 0.717) is 0 Å². The summed E-state index contributed by atoms with van der Waals surface area (Å²) in [7, 11) is -1.27. The summed E-state index contributed by atoms with van der Waals surface area (Å²) in [4.78, 5) is 9.39. The minimum Gasteiger partial charge on any atom is 0 e. The minimum atomic E-state index is -2.05. The third-order valence-corrected chi connectivity index (χ3v) is 17.7. The Morgan fingerprint density at radius 1 is 0.667 bits per heavy atom. The van der Waals surface area contributed by atoms with Crippen molar-refractivity contribution >= 4 is 62.4 Å². The molecule has 0 bridgehead atoms. The minimum absolute atomic E-state index is 0. The number of rotatable bonds is 7. The second-order valence-electron chi connectivity index (χ2n) is 15.6. The predicted molar refractivity (Wildman–Crippen MR) is 234 cm³/mol. The van der Waals surface area contributed by atoms with E-state index in [4.69, 9.17) is 4.98 Å². The van der Waals surface area contributed by atoms with E-state index in [2.05, 4.69) is 110 Å². The monoisotopic (exact) mass is 978 g/mol. The van der Waals surface area contributed by atoms with Crippen molar-refractivity contribution in [3.63, 3.8) is 0 Å². The Bertz CT molecular complexity index is 2510. The zero-order valence-corrected chi connectivity index (χ0v) is 38.3. The SMILES string of the molecule is Cc1cc(-c2[c-]cccc2)ncc1[Si](C)(C)C.[2H]C(c1ccccc1)(c1ccccc1)c1ccnc(-c2[c-]ccc3c2sc2[c]([Ge]([CH3])([CH3])[CH3])cccc23)c1.[Ir]. The van der Waals surface area contributed by atoms with Crippen LogP contribution in [-0.2, 0) is 20.1 Å². The molecule has 273 valence electrons. The van der Waals surface area contributed by atoms with Crippen molar-refractivity contribution in [1.29, 1.82) is 0 Å². The number of hydrogen-bond donors (Lipinski definition) is 0. The molecule has 5 aromatic carbocycles. The van der Waals surface area contributed by atoms with Crippen LogP contribution >= 0.6 is 11.3 Å². The van der Waals surface area contributed by atoms with Gasteiger partial charge in [-0.3, -0.25) is 0 Å². The van der Waals surface area contributed by atoms with Crippen LogP contribution in [0.5, 0.6) is 0 Å². The number of benzene rings is 5. The molecule has 0 aliphatic heterocycles. The fourth-order valence-corrected chi connectivity index (χ4v) is 14.8. The smallest absolute Gasteiger partial charge is 0 e. The maximum Gasteiger partial charge on any atom is 0 e. The summed E-state index contributed by atoms with van der Waals surface area (Å²) in [5, 5.41) is 4.03. The zero-order chi connectivity index (χ0) is 38.1. The van der Waals surface area contributed by atoms with Crippen LogP contribution in [0.4, 0.5) is 0 Å². The van der Waals surface area contributed by atoms with E-state index in [1.807, 2.05) is 109 Å². The number of pyridine rings is 2. The molecule has 8 rings (SSSR count). The standard InChI is InChI=1S/C33H28GeNS.C15H18NSi.Ir/c1-34(2,3)29-19-11-17-27-26-16-10-18-28(32(26)36-33(27)29)30-22-25(20-21-35-30)31(23-12-6-4-7-13-23)24-14-8-5-9-15-24;1-12-10-14(13-8-6-5-7-9-13)16-11-15(12)17(2,3)4;/h4-17,19-22,31H,1-3H3;5-8,10-11H,1-4H3;/q2*-1;/i31D;;. The van der Waals surface area contributed by atoms with Gasteiger partial charge in [-0.15, -0.1) is 35.9 Å². The molecule has 3 aromatic heterocycles. The van der Waals surface area contributed by atoms with Gasteiger partial charge in [-0.2, -0.15) is 0 Å². The Kier molecular flexibility index (Phi) is 11.9. The number of aromatic nitrogens is 2. The van der Waals surface area contributed by atoms with Gasteiger partial charge in [0.1, 0.15) is 0 Å². The van der Waals surface area contributed by atoms with E-state index in [9.17, 15) is 1.37 Å². The molecule has 0 saturated heterocycles. The molecule has 0 N–H and O–H groups in total. The summed E-state index contributed by atoms with van der Waals surface area (Å²) in [5.74, 6) is 6.32. The Morgan fingerprint density at radius 2 is 1.33 bits per heavy atom. The molecule has 0 unspecified atom stereocenters. The Morgan fingerprint density at radius 3 is 1.94 bits per heavy atom. The number of thiophene rings is 1. The van der Waals surface area contributed by atoms with Gasteiger partial charge in [0.25, 0.3) is 0 Å². The van der Waals surface area contributed by atoms with Crippen LogP contribution in [0.3, 0.4) is 0 Å². The van der Waals surface area contributed by atoms with Gasteiger partial charge in [0, 0.05) is 26.3 Å². The molecule has 0 amide bonds. The molecule has 3 heterocycles. The fourth-order valence-electron chi connectivity index (χ4n) is 7.02. The zero-order valence-electron chi connectivity index (χ0n) is 33.0. The molecule has 1 radical (unpaired) electrons. The maximum absolute atomic E-state index is 9.82. The average Bonchev–Trinajstić information content (AvgIpc) is 3.57. The van der Waals surface area contributed by atoms with Gasteiger partial charge in [-0.05, 0) is 17.8 Å². The van der Waals surface area contributed by atoms with Gasteiger partial charge in [0.05, 0.1) is 8.07 Å². The van der Waals surface area contributed by atoms with E-state index in [1.54, 1.807) is 4.40 Å². The van der Waals surface area contributed by atoms with Crippen molar-refractivity contribution in [1.82, 2.24) is 9.97 Å². The first-order chi connectivity index (χ1) is 25.9. The Balaban J connectivity index is 0.000000241. The second kappa shape index (κ2) is 16.8. The second-order valence-corrected chi connectivity index (χ2v) is 32.2. The van der Waals surface area contributed by atoms with Crippen LogP contribution in [0.25, 0.3) is 42.7 Å². The van der Waals surface area contributed by atoms with E-state index in [0.717, 1.165) is 39.2 Å². The molecule has 0 spiro atoms. The quantitative estimate of drug-likeness (QED) is 0.117. The fraction of sp³-hybridized carbons (Fsp3) is 0.167. The largest absolute Gasteiger partial charge is 0 e.